The summed E-state index contributed by atoms with van der Waals surface area (Å²) in [6.07, 6.45) is 0. The summed E-state index contributed by atoms with van der Waals surface area (Å²) < 4.78 is 143. The standard InChI is InChI=1S/C50H30O/c1-2-14-33-28-35(25-24-31(33)12-1)47-39-18-7-9-20-41(39)48(42-21-10-8-19-40(42)47)36-29-34-15-4-5-16-37(34)45(30-36)43-22-11-23-46-49(43)44-27-26-32-13-3-6-17-38(32)50(44)51-46/h1-30H/i1D,2D,7D,8D,9D,10D,12D,14D,18D,19D,20D,21D,24D,25D,28D. The number of furan rings is 1. The Balaban J connectivity index is 1.37. The fourth-order valence-corrected chi connectivity index (χ4v) is 7.53. The lowest BCUT2D eigenvalue weighted by molar-refractivity contribution is 0.673. The van der Waals surface area contributed by atoms with Gasteiger partial charge in [-0.1, -0.05) is 151 Å². The first-order chi connectivity index (χ1) is 31.5. The molecule has 0 aliphatic carbocycles. The maximum atomic E-state index is 9.56. The molecule has 1 heterocycles. The van der Waals surface area contributed by atoms with Crippen LogP contribution in [0.3, 0.4) is 0 Å². The Morgan fingerprint density at radius 2 is 1.04 bits per heavy atom. The van der Waals surface area contributed by atoms with E-state index in [2.05, 4.69) is 0 Å². The predicted octanol–water partition coefficient (Wildman–Crippen LogP) is 14.4. The molecule has 1 aromatic heterocycles. The zero-order chi connectivity index (χ0) is 46.5. The van der Waals surface area contributed by atoms with Gasteiger partial charge in [-0.15, -0.1) is 0 Å². The molecule has 0 fully saturated rings. The Morgan fingerprint density at radius 1 is 0.392 bits per heavy atom. The van der Waals surface area contributed by atoms with Crippen molar-refractivity contribution in [3.8, 4) is 33.4 Å². The highest BCUT2D eigenvalue weighted by atomic mass is 16.3. The highest BCUT2D eigenvalue weighted by Crippen LogP contribution is 2.47. The molecule has 0 N–H and O–H groups in total. The van der Waals surface area contributed by atoms with Gasteiger partial charge in [0.1, 0.15) is 11.2 Å². The van der Waals surface area contributed by atoms with Gasteiger partial charge in [-0.05, 0) is 112 Å². The van der Waals surface area contributed by atoms with Gasteiger partial charge in [0.25, 0.3) is 0 Å². The minimum absolute atomic E-state index is 0.0249. The second-order valence-corrected chi connectivity index (χ2v) is 12.4. The summed E-state index contributed by atoms with van der Waals surface area (Å²) >= 11 is 0. The van der Waals surface area contributed by atoms with Crippen molar-refractivity contribution >= 4 is 75.8 Å². The van der Waals surface area contributed by atoms with Crippen molar-refractivity contribution < 1.29 is 25.0 Å². The number of hydrogen-bond acceptors (Lipinski definition) is 1. The Kier molecular flexibility index (Phi) is 3.70. The molecule has 51 heavy (non-hydrogen) atoms. The van der Waals surface area contributed by atoms with Crippen molar-refractivity contribution in [3.05, 3.63) is 182 Å². The Labute approximate surface area is 315 Å². The quantitative estimate of drug-likeness (QED) is 0.172. The van der Waals surface area contributed by atoms with E-state index in [4.69, 9.17) is 16.8 Å². The van der Waals surface area contributed by atoms with E-state index < -0.39 is 107 Å². The Bertz CT molecular complexity index is 3980. The molecule has 11 rings (SSSR count). The van der Waals surface area contributed by atoms with Crippen molar-refractivity contribution in [2.75, 3.05) is 0 Å². The van der Waals surface area contributed by atoms with Crippen molar-refractivity contribution in [2.24, 2.45) is 0 Å². The first-order valence-corrected chi connectivity index (χ1v) is 16.4. The van der Waals surface area contributed by atoms with Gasteiger partial charge in [0.2, 0.25) is 0 Å². The number of hydrogen-bond donors (Lipinski definition) is 0. The third-order valence-electron chi connectivity index (χ3n) is 9.70. The number of benzene rings is 10. The lowest BCUT2D eigenvalue weighted by Crippen LogP contribution is -1.92. The minimum atomic E-state index is -0.742. The van der Waals surface area contributed by atoms with Crippen molar-refractivity contribution in [1.82, 2.24) is 0 Å². The molecule has 1 heteroatoms. The van der Waals surface area contributed by atoms with Crippen LogP contribution in [0, 0.1) is 0 Å². The van der Waals surface area contributed by atoms with Gasteiger partial charge in [-0.2, -0.15) is 0 Å². The summed E-state index contributed by atoms with van der Waals surface area (Å²) in [4.78, 5) is 0. The summed E-state index contributed by atoms with van der Waals surface area (Å²) in [5.74, 6) is 0. The zero-order valence-corrected chi connectivity index (χ0v) is 26.6. The van der Waals surface area contributed by atoms with Crippen LogP contribution in [0.15, 0.2) is 186 Å². The third-order valence-corrected chi connectivity index (χ3v) is 9.70. The molecule has 10 aromatic carbocycles. The monoisotopic (exact) mass is 661 g/mol. The van der Waals surface area contributed by atoms with E-state index in [1.807, 2.05) is 84.9 Å². The van der Waals surface area contributed by atoms with Crippen LogP contribution in [0.4, 0.5) is 0 Å². The second kappa shape index (κ2) is 10.9. The highest BCUT2D eigenvalue weighted by Gasteiger charge is 2.20. The molecule has 0 aliphatic heterocycles. The van der Waals surface area contributed by atoms with Crippen molar-refractivity contribution in [3.63, 3.8) is 0 Å². The van der Waals surface area contributed by atoms with Gasteiger partial charge in [0.05, 0.1) is 20.6 Å². The fraction of sp³-hybridized carbons (Fsp3) is 0. The summed E-state index contributed by atoms with van der Waals surface area (Å²) in [7, 11) is 0. The van der Waals surface area contributed by atoms with Crippen LogP contribution in [0.1, 0.15) is 20.6 Å². The molecule has 0 saturated carbocycles. The minimum Gasteiger partial charge on any atom is -0.455 e. The molecular weight excluding hydrogens is 617 g/mol. The lowest BCUT2D eigenvalue weighted by atomic mass is 9.84. The molecule has 0 radical (unpaired) electrons. The maximum Gasteiger partial charge on any atom is 0.143 e. The molecule has 0 spiro atoms. The third kappa shape index (κ3) is 4.22. The zero-order valence-electron chi connectivity index (χ0n) is 41.6. The van der Waals surface area contributed by atoms with E-state index in [1.54, 1.807) is 6.07 Å². The first-order valence-electron chi connectivity index (χ1n) is 23.9. The Hall–Kier alpha value is -6.70. The van der Waals surface area contributed by atoms with Gasteiger partial charge in [0.15, 0.2) is 0 Å². The fourth-order valence-electron chi connectivity index (χ4n) is 7.53. The first kappa shape index (κ1) is 17.3. The van der Waals surface area contributed by atoms with Crippen molar-refractivity contribution in [1.29, 1.82) is 0 Å². The SMILES string of the molecule is [2H]c1c([2H])c([2H])c2c([2H])c(-c3c4c([2H])c([2H])c([2H])c([2H])c4c(-c4cc(-c5cccc6oc7c8ccccc8ccc7c56)c5ccccc5c4)c4c([2H])c([2H])c([2H])c([2H])c34)c([2H])c([2H])c2c1[2H]. The molecular formula is C50H30O. The van der Waals surface area contributed by atoms with Crippen LogP contribution < -0.4 is 0 Å². The van der Waals surface area contributed by atoms with Gasteiger partial charge in [-0.25, -0.2) is 0 Å². The van der Waals surface area contributed by atoms with Crippen LogP contribution in [0.25, 0.3) is 109 Å². The average molecular weight is 662 g/mol. The van der Waals surface area contributed by atoms with E-state index in [-0.39, 0.29) is 32.7 Å². The molecule has 0 aliphatic rings. The van der Waals surface area contributed by atoms with E-state index in [0.29, 0.717) is 27.7 Å². The molecule has 1 nitrogen and oxygen atoms in total. The van der Waals surface area contributed by atoms with Crippen LogP contribution in [-0.4, -0.2) is 0 Å². The maximum absolute atomic E-state index is 9.56. The molecule has 236 valence electrons. The highest BCUT2D eigenvalue weighted by molar-refractivity contribution is 6.24. The number of fused-ring (bicyclic) bond motifs is 9. The normalized spacial score (nSPS) is 16.0. The molecule has 11 aromatic rings. The van der Waals surface area contributed by atoms with Gasteiger partial charge < -0.3 is 4.42 Å². The largest absolute Gasteiger partial charge is 0.455 e. The predicted molar refractivity (Wildman–Crippen MR) is 218 cm³/mol. The van der Waals surface area contributed by atoms with Gasteiger partial charge in [-0.3, -0.25) is 0 Å². The van der Waals surface area contributed by atoms with E-state index >= 15 is 0 Å². The second-order valence-electron chi connectivity index (χ2n) is 12.4. The summed E-state index contributed by atoms with van der Waals surface area (Å²) in [5.41, 5.74) is 2.22. The smallest absolute Gasteiger partial charge is 0.143 e. The van der Waals surface area contributed by atoms with E-state index in [9.17, 15) is 8.22 Å². The topological polar surface area (TPSA) is 13.1 Å². The molecule has 0 unspecified atom stereocenters. The van der Waals surface area contributed by atoms with Gasteiger partial charge in [0, 0.05) is 16.2 Å². The van der Waals surface area contributed by atoms with Crippen LogP contribution in [-0.2, 0) is 0 Å². The number of rotatable bonds is 3. The molecule has 0 bridgehead atoms. The lowest BCUT2D eigenvalue weighted by Gasteiger charge is -2.19. The van der Waals surface area contributed by atoms with Crippen molar-refractivity contribution in [2.45, 2.75) is 0 Å². The van der Waals surface area contributed by atoms with Crippen LogP contribution >= 0.6 is 0 Å². The summed E-state index contributed by atoms with van der Waals surface area (Å²) in [5, 5.41) is 3.25. The van der Waals surface area contributed by atoms with Crippen LogP contribution in [0.2, 0.25) is 0 Å². The summed E-state index contributed by atoms with van der Waals surface area (Å²) in [6.45, 7) is 0. The molecule has 0 atom stereocenters. The van der Waals surface area contributed by atoms with E-state index in [1.165, 1.54) is 0 Å². The molecule has 0 saturated heterocycles. The van der Waals surface area contributed by atoms with Crippen LogP contribution in [0.5, 0.6) is 0 Å². The molecule has 0 amide bonds. The van der Waals surface area contributed by atoms with E-state index in [0.717, 1.165) is 32.5 Å². The Morgan fingerprint density at radius 3 is 1.80 bits per heavy atom. The summed E-state index contributed by atoms with van der Waals surface area (Å²) in [6, 6.07) is 18.7. The average Bonchev–Trinajstić information content (AvgIpc) is 3.72. The van der Waals surface area contributed by atoms with Gasteiger partial charge >= 0.3 is 0 Å².